The van der Waals surface area contributed by atoms with Crippen molar-refractivity contribution in [2.24, 2.45) is 5.73 Å². The number of hydrogen-bond acceptors (Lipinski definition) is 3. The van der Waals surface area contributed by atoms with E-state index in [4.69, 9.17) is 33.4 Å². The van der Waals surface area contributed by atoms with E-state index in [0.29, 0.717) is 16.7 Å². The third-order valence-corrected chi connectivity index (χ3v) is 3.71. The Bertz CT molecular complexity index is 548. The van der Waals surface area contributed by atoms with Gasteiger partial charge in [-0.05, 0) is 31.5 Å². The van der Waals surface area contributed by atoms with E-state index < -0.39 is 0 Å². The summed E-state index contributed by atoms with van der Waals surface area (Å²) in [5.74, 6) is 0. The molecule has 2 aromatic heterocycles. The van der Waals surface area contributed by atoms with E-state index in [1.165, 1.54) is 6.26 Å². The van der Waals surface area contributed by atoms with Gasteiger partial charge in [0.25, 0.3) is 0 Å². The molecule has 0 aliphatic rings. The van der Waals surface area contributed by atoms with Crippen molar-refractivity contribution in [3.05, 3.63) is 39.5 Å². The van der Waals surface area contributed by atoms with Crippen molar-refractivity contribution in [2.45, 2.75) is 32.9 Å². The molecule has 2 N–H and O–H groups in total. The van der Waals surface area contributed by atoms with Gasteiger partial charge in [-0.2, -0.15) is 5.10 Å². The van der Waals surface area contributed by atoms with E-state index in [2.05, 4.69) is 5.10 Å². The monoisotopic (exact) mass is 287 g/mol. The summed E-state index contributed by atoms with van der Waals surface area (Å²) in [7, 11) is 0. The summed E-state index contributed by atoms with van der Waals surface area (Å²) in [6.45, 7) is 4.66. The highest BCUT2D eigenvalue weighted by Crippen LogP contribution is 2.28. The number of aryl methyl sites for hydroxylation is 2. The molecule has 4 nitrogen and oxygen atoms in total. The van der Waals surface area contributed by atoms with Crippen LogP contribution in [0.1, 0.15) is 29.9 Å². The largest absolute Gasteiger partial charge is 0.453 e. The zero-order valence-corrected chi connectivity index (χ0v) is 11.8. The SMILES string of the molecule is CCn1nc(C)c(Cl)c1CC(N)c1ccoc1Cl. The fraction of sp³-hybridized carbons (Fsp3) is 0.417. The third-order valence-electron chi connectivity index (χ3n) is 2.91. The van der Waals surface area contributed by atoms with Crippen LogP contribution in [0.15, 0.2) is 16.7 Å². The zero-order valence-electron chi connectivity index (χ0n) is 10.3. The second-order valence-electron chi connectivity index (χ2n) is 4.12. The molecule has 2 rings (SSSR count). The van der Waals surface area contributed by atoms with Gasteiger partial charge in [0.1, 0.15) is 0 Å². The van der Waals surface area contributed by atoms with Crippen LogP contribution in [0.3, 0.4) is 0 Å². The van der Waals surface area contributed by atoms with Gasteiger partial charge in [-0.1, -0.05) is 11.6 Å². The van der Waals surface area contributed by atoms with Crippen LogP contribution in [0.2, 0.25) is 10.2 Å². The smallest absolute Gasteiger partial charge is 0.197 e. The summed E-state index contributed by atoms with van der Waals surface area (Å²) in [4.78, 5) is 0. The van der Waals surface area contributed by atoms with Crippen LogP contribution < -0.4 is 5.73 Å². The lowest BCUT2D eigenvalue weighted by molar-refractivity contribution is 0.554. The molecule has 2 heterocycles. The highest BCUT2D eigenvalue weighted by atomic mass is 35.5. The third kappa shape index (κ3) is 2.41. The highest BCUT2D eigenvalue weighted by molar-refractivity contribution is 6.32. The van der Waals surface area contributed by atoms with Gasteiger partial charge in [0, 0.05) is 24.6 Å². The van der Waals surface area contributed by atoms with Crippen molar-refractivity contribution in [2.75, 3.05) is 0 Å². The molecule has 0 spiro atoms. The van der Waals surface area contributed by atoms with Crippen LogP contribution in [-0.2, 0) is 13.0 Å². The van der Waals surface area contributed by atoms with Crippen molar-refractivity contribution >= 4 is 23.2 Å². The van der Waals surface area contributed by atoms with Crippen LogP contribution in [0.4, 0.5) is 0 Å². The van der Waals surface area contributed by atoms with Gasteiger partial charge in [-0.3, -0.25) is 4.68 Å². The minimum absolute atomic E-state index is 0.254. The van der Waals surface area contributed by atoms with Crippen LogP contribution in [0.25, 0.3) is 0 Å². The number of furan rings is 1. The van der Waals surface area contributed by atoms with Gasteiger partial charge in [0.05, 0.1) is 22.7 Å². The van der Waals surface area contributed by atoms with Gasteiger partial charge in [-0.15, -0.1) is 0 Å². The van der Waals surface area contributed by atoms with Crippen LogP contribution >= 0.6 is 23.2 Å². The first kappa shape index (κ1) is 13.5. The second-order valence-corrected chi connectivity index (χ2v) is 4.84. The minimum atomic E-state index is -0.254. The number of nitrogens with two attached hydrogens (primary N) is 1. The molecule has 0 fully saturated rings. The summed E-state index contributed by atoms with van der Waals surface area (Å²) in [5.41, 5.74) is 8.67. The lowest BCUT2D eigenvalue weighted by Crippen LogP contribution is -2.16. The maximum atomic E-state index is 6.24. The molecule has 0 aromatic carbocycles. The average Bonchev–Trinajstić information content (AvgIpc) is 2.87. The Morgan fingerprint density at radius 3 is 2.78 bits per heavy atom. The molecule has 0 bridgehead atoms. The number of halogens is 2. The minimum Gasteiger partial charge on any atom is -0.453 e. The van der Waals surface area contributed by atoms with E-state index >= 15 is 0 Å². The average molecular weight is 288 g/mol. The van der Waals surface area contributed by atoms with Gasteiger partial charge < -0.3 is 10.2 Å². The van der Waals surface area contributed by atoms with Crippen LogP contribution in [0.5, 0.6) is 0 Å². The molecule has 0 aliphatic carbocycles. The van der Waals surface area contributed by atoms with Crippen LogP contribution in [-0.4, -0.2) is 9.78 Å². The maximum absolute atomic E-state index is 6.24. The summed E-state index contributed by atoms with van der Waals surface area (Å²) in [6.07, 6.45) is 2.11. The fourth-order valence-electron chi connectivity index (χ4n) is 1.95. The summed E-state index contributed by atoms with van der Waals surface area (Å²) >= 11 is 12.2. The van der Waals surface area contributed by atoms with E-state index in [1.807, 2.05) is 18.5 Å². The number of nitrogens with zero attached hydrogens (tertiary/aromatic N) is 2. The topological polar surface area (TPSA) is 57.0 Å². The molecule has 0 saturated heterocycles. The van der Waals surface area contributed by atoms with Crippen LogP contribution in [0, 0.1) is 6.92 Å². The standard InChI is InChI=1S/C12H15Cl2N3O/c1-3-17-10(11(13)7(2)16-17)6-9(15)8-4-5-18-12(8)14/h4-5,9H,3,6,15H2,1-2H3. The van der Waals surface area contributed by atoms with Gasteiger partial charge in [0.2, 0.25) is 0 Å². The first-order chi connectivity index (χ1) is 8.54. The Balaban J connectivity index is 2.27. The Labute approximate surface area is 116 Å². The highest BCUT2D eigenvalue weighted by Gasteiger charge is 2.19. The van der Waals surface area contributed by atoms with Gasteiger partial charge in [-0.25, -0.2) is 0 Å². The number of hydrogen-bond donors (Lipinski definition) is 1. The molecular formula is C12H15Cl2N3O. The van der Waals surface area contributed by atoms with E-state index in [1.54, 1.807) is 6.07 Å². The molecule has 1 atom stereocenters. The van der Waals surface area contributed by atoms with Crippen molar-refractivity contribution < 1.29 is 4.42 Å². The number of rotatable bonds is 4. The van der Waals surface area contributed by atoms with E-state index in [9.17, 15) is 0 Å². The Morgan fingerprint density at radius 2 is 2.22 bits per heavy atom. The summed E-state index contributed by atoms with van der Waals surface area (Å²) < 4.78 is 6.91. The molecule has 98 valence electrons. The van der Waals surface area contributed by atoms with Gasteiger partial charge in [0.15, 0.2) is 5.22 Å². The molecule has 6 heteroatoms. The Morgan fingerprint density at radius 1 is 1.50 bits per heavy atom. The van der Waals surface area contributed by atoms with E-state index in [-0.39, 0.29) is 6.04 Å². The molecule has 18 heavy (non-hydrogen) atoms. The second kappa shape index (κ2) is 5.34. The molecule has 0 amide bonds. The fourth-order valence-corrected chi connectivity index (χ4v) is 2.42. The molecular weight excluding hydrogens is 273 g/mol. The summed E-state index contributed by atoms with van der Waals surface area (Å²) in [6, 6.07) is 1.52. The Hall–Kier alpha value is -0.970. The molecule has 0 saturated carbocycles. The molecule has 0 radical (unpaired) electrons. The maximum Gasteiger partial charge on any atom is 0.197 e. The first-order valence-corrected chi connectivity index (χ1v) is 6.50. The lowest BCUT2D eigenvalue weighted by Gasteiger charge is -2.11. The van der Waals surface area contributed by atoms with Crippen molar-refractivity contribution in [1.29, 1.82) is 0 Å². The number of aromatic nitrogens is 2. The zero-order chi connectivity index (χ0) is 13.3. The van der Waals surface area contributed by atoms with Crippen molar-refractivity contribution in [3.63, 3.8) is 0 Å². The predicted molar refractivity (Wildman–Crippen MR) is 72.0 cm³/mol. The van der Waals surface area contributed by atoms with Crippen molar-refractivity contribution in [1.82, 2.24) is 9.78 Å². The van der Waals surface area contributed by atoms with E-state index in [0.717, 1.165) is 23.5 Å². The quantitative estimate of drug-likeness (QED) is 0.938. The molecule has 0 aliphatic heterocycles. The molecule has 1 unspecified atom stereocenters. The lowest BCUT2D eigenvalue weighted by atomic mass is 10.1. The summed E-state index contributed by atoms with van der Waals surface area (Å²) in [5, 5.41) is 5.36. The van der Waals surface area contributed by atoms with Crippen molar-refractivity contribution in [3.8, 4) is 0 Å². The predicted octanol–water partition coefficient (Wildman–Crippen LogP) is 3.35. The van der Waals surface area contributed by atoms with Gasteiger partial charge >= 0.3 is 0 Å². The normalized spacial score (nSPS) is 12.9. The molecule has 2 aromatic rings. The first-order valence-electron chi connectivity index (χ1n) is 5.74. The Kier molecular flexibility index (Phi) is 4.00.